The van der Waals surface area contributed by atoms with E-state index in [1.807, 2.05) is 26.0 Å². The molecule has 20 heavy (non-hydrogen) atoms. The van der Waals surface area contributed by atoms with Gasteiger partial charge in [-0.1, -0.05) is 0 Å². The van der Waals surface area contributed by atoms with E-state index in [0.29, 0.717) is 6.04 Å². The van der Waals surface area contributed by atoms with Crippen molar-refractivity contribution in [1.82, 2.24) is 14.5 Å². The lowest BCUT2D eigenvalue weighted by atomic mass is 10.0. The molecule has 0 saturated carbocycles. The highest BCUT2D eigenvalue weighted by molar-refractivity contribution is 6.20. The first-order valence-corrected chi connectivity index (χ1v) is 7.61. The number of rotatable bonds is 2. The van der Waals surface area contributed by atoms with Crippen molar-refractivity contribution in [1.29, 1.82) is 0 Å². The van der Waals surface area contributed by atoms with Gasteiger partial charge in [-0.05, 0) is 45.7 Å². The molecular weight excluding hydrogens is 274 g/mol. The molecule has 108 valence electrons. The summed E-state index contributed by atoms with van der Waals surface area (Å²) in [6.07, 6.45) is 2.24. The summed E-state index contributed by atoms with van der Waals surface area (Å²) in [5, 5.41) is -0.123. The van der Waals surface area contributed by atoms with Crippen LogP contribution in [0.15, 0.2) is 12.1 Å². The molecule has 1 fully saturated rings. The van der Waals surface area contributed by atoms with Crippen molar-refractivity contribution >= 4 is 22.8 Å². The van der Waals surface area contributed by atoms with Crippen LogP contribution in [0, 0.1) is 6.92 Å². The zero-order valence-electron chi connectivity index (χ0n) is 12.1. The van der Waals surface area contributed by atoms with Gasteiger partial charge in [-0.25, -0.2) is 9.97 Å². The third-order valence-corrected chi connectivity index (χ3v) is 4.08. The van der Waals surface area contributed by atoms with Crippen molar-refractivity contribution in [3.8, 4) is 0 Å². The van der Waals surface area contributed by atoms with E-state index in [1.165, 1.54) is 0 Å². The van der Waals surface area contributed by atoms with Crippen LogP contribution in [-0.4, -0.2) is 27.2 Å². The molecule has 0 aliphatic carbocycles. The Morgan fingerprint density at radius 2 is 2.20 bits per heavy atom. The molecule has 5 heteroatoms. The fraction of sp³-hybridized carbons (Fsp3) is 0.600. The Bertz CT molecular complexity index is 623. The maximum atomic E-state index is 6.33. The summed E-state index contributed by atoms with van der Waals surface area (Å²) < 4.78 is 7.89. The Labute approximate surface area is 124 Å². The molecule has 2 aromatic rings. The van der Waals surface area contributed by atoms with Gasteiger partial charge in [-0.3, -0.25) is 0 Å². The van der Waals surface area contributed by atoms with E-state index in [2.05, 4.69) is 21.5 Å². The Balaban J connectivity index is 2.14. The second-order valence-corrected chi connectivity index (χ2v) is 6.27. The van der Waals surface area contributed by atoms with Gasteiger partial charge in [0, 0.05) is 18.3 Å². The minimum Gasteiger partial charge on any atom is -0.378 e. The van der Waals surface area contributed by atoms with Crippen molar-refractivity contribution < 1.29 is 4.74 Å². The van der Waals surface area contributed by atoms with Crippen molar-refractivity contribution in [3.63, 3.8) is 0 Å². The second kappa shape index (κ2) is 5.34. The summed E-state index contributed by atoms with van der Waals surface area (Å²) in [6.45, 7) is 6.88. The van der Waals surface area contributed by atoms with Gasteiger partial charge in [-0.2, -0.15) is 0 Å². The Hall–Kier alpha value is -1.13. The molecular formula is C15H20ClN3O. The fourth-order valence-electron chi connectivity index (χ4n) is 2.94. The first-order chi connectivity index (χ1) is 9.56. The van der Waals surface area contributed by atoms with Crippen LogP contribution >= 0.6 is 11.6 Å². The van der Waals surface area contributed by atoms with Crippen LogP contribution in [0.5, 0.6) is 0 Å². The number of halogens is 1. The first-order valence-electron chi connectivity index (χ1n) is 7.17. The number of ether oxygens (including phenoxy) is 1. The largest absolute Gasteiger partial charge is 0.378 e. The third kappa shape index (κ3) is 2.42. The highest BCUT2D eigenvalue weighted by Gasteiger charge is 2.27. The molecule has 1 saturated heterocycles. The summed E-state index contributed by atoms with van der Waals surface area (Å²) in [5.41, 5.74) is 2.89. The van der Waals surface area contributed by atoms with Gasteiger partial charge in [0.1, 0.15) is 11.3 Å². The lowest BCUT2D eigenvalue weighted by molar-refractivity contribution is 0.00612. The van der Waals surface area contributed by atoms with E-state index in [9.17, 15) is 0 Å². The van der Waals surface area contributed by atoms with E-state index >= 15 is 0 Å². The zero-order chi connectivity index (χ0) is 14.3. The molecule has 4 nitrogen and oxygen atoms in total. The smallest absolute Gasteiger partial charge is 0.160 e. The predicted molar refractivity (Wildman–Crippen MR) is 80.2 cm³/mol. The third-order valence-electron chi connectivity index (χ3n) is 3.88. The van der Waals surface area contributed by atoms with Crippen LogP contribution < -0.4 is 0 Å². The normalized spacial score (nSPS) is 25.0. The number of imidazole rings is 1. The Morgan fingerprint density at radius 3 is 2.90 bits per heavy atom. The Morgan fingerprint density at radius 1 is 1.40 bits per heavy atom. The molecule has 3 unspecified atom stereocenters. The number of nitrogens with zero attached hydrogens (tertiary/aromatic N) is 3. The minimum absolute atomic E-state index is 0.123. The molecule has 0 radical (unpaired) electrons. The lowest BCUT2D eigenvalue weighted by Gasteiger charge is -2.29. The van der Waals surface area contributed by atoms with Crippen LogP contribution in [0.3, 0.4) is 0 Å². The average Bonchev–Trinajstić information content (AvgIpc) is 2.77. The number of hydrogen-bond acceptors (Lipinski definition) is 3. The summed E-state index contributed by atoms with van der Waals surface area (Å²) >= 11 is 6.33. The van der Waals surface area contributed by atoms with Gasteiger partial charge in [0.05, 0.1) is 11.5 Å². The van der Waals surface area contributed by atoms with Crippen LogP contribution in [0.2, 0.25) is 0 Å². The van der Waals surface area contributed by atoms with Gasteiger partial charge < -0.3 is 9.30 Å². The molecule has 3 heterocycles. The van der Waals surface area contributed by atoms with Gasteiger partial charge in [0.25, 0.3) is 0 Å². The monoisotopic (exact) mass is 293 g/mol. The van der Waals surface area contributed by atoms with Crippen LogP contribution in [0.25, 0.3) is 11.2 Å². The van der Waals surface area contributed by atoms with Crippen LogP contribution in [0.4, 0.5) is 0 Å². The van der Waals surface area contributed by atoms with Gasteiger partial charge in [-0.15, -0.1) is 11.6 Å². The molecule has 1 aliphatic heterocycles. The quantitative estimate of drug-likeness (QED) is 0.791. The fourth-order valence-corrected chi connectivity index (χ4v) is 3.09. The number of aryl methyl sites for hydroxylation is 1. The topological polar surface area (TPSA) is 39.9 Å². The van der Waals surface area contributed by atoms with E-state index in [1.54, 1.807) is 0 Å². The molecule has 3 atom stereocenters. The van der Waals surface area contributed by atoms with Crippen molar-refractivity contribution in [2.75, 3.05) is 6.61 Å². The minimum atomic E-state index is -0.123. The molecule has 1 aliphatic rings. The van der Waals surface area contributed by atoms with Gasteiger partial charge in [0.2, 0.25) is 0 Å². The number of fused-ring (bicyclic) bond motifs is 1. The van der Waals surface area contributed by atoms with E-state index in [4.69, 9.17) is 16.3 Å². The molecule has 3 rings (SSSR count). The van der Waals surface area contributed by atoms with Crippen molar-refractivity contribution in [3.05, 3.63) is 23.7 Å². The van der Waals surface area contributed by atoms with E-state index in [0.717, 1.165) is 42.1 Å². The number of pyridine rings is 1. The van der Waals surface area contributed by atoms with E-state index < -0.39 is 0 Å². The lowest BCUT2D eigenvalue weighted by Crippen LogP contribution is -2.26. The number of aromatic nitrogens is 3. The summed E-state index contributed by atoms with van der Waals surface area (Å²) in [7, 11) is 0. The summed E-state index contributed by atoms with van der Waals surface area (Å²) in [4.78, 5) is 9.36. The highest BCUT2D eigenvalue weighted by atomic mass is 35.5. The van der Waals surface area contributed by atoms with E-state index in [-0.39, 0.29) is 11.5 Å². The molecule has 2 aromatic heterocycles. The van der Waals surface area contributed by atoms with Crippen LogP contribution in [-0.2, 0) is 4.74 Å². The highest BCUT2D eigenvalue weighted by Crippen LogP contribution is 2.33. The van der Waals surface area contributed by atoms with Crippen molar-refractivity contribution in [2.24, 2.45) is 0 Å². The predicted octanol–water partition coefficient (Wildman–Crippen LogP) is 3.78. The second-order valence-electron chi connectivity index (χ2n) is 5.61. The SMILES string of the molecule is Cc1ccc2nc(C(C)Cl)n(C3CCOC(C)C3)c2n1. The Kier molecular flexibility index (Phi) is 3.69. The van der Waals surface area contributed by atoms with Gasteiger partial charge >= 0.3 is 0 Å². The average molecular weight is 294 g/mol. The summed E-state index contributed by atoms with van der Waals surface area (Å²) in [5.74, 6) is 0.916. The van der Waals surface area contributed by atoms with Crippen LogP contribution in [0.1, 0.15) is 49.6 Å². The maximum Gasteiger partial charge on any atom is 0.160 e. The molecule has 0 bridgehead atoms. The standard InChI is InChI=1S/C15H20ClN3O/c1-9-4-5-13-15(17-9)19(14(18-13)11(3)16)12-6-7-20-10(2)8-12/h4-5,10-12H,6-8H2,1-3H3. The number of alkyl halides is 1. The molecule has 0 amide bonds. The molecule has 0 aromatic carbocycles. The zero-order valence-corrected chi connectivity index (χ0v) is 12.9. The van der Waals surface area contributed by atoms with Gasteiger partial charge in [0.15, 0.2) is 5.65 Å². The summed E-state index contributed by atoms with van der Waals surface area (Å²) in [6, 6.07) is 4.39. The number of hydrogen-bond donors (Lipinski definition) is 0. The molecule has 0 N–H and O–H groups in total. The first kappa shape index (κ1) is 13.8. The molecule has 0 spiro atoms. The van der Waals surface area contributed by atoms with Crippen molar-refractivity contribution in [2.45, 2.75) is 51.1 Å². The maximum absolute atomic E-state index is 6.33.